The second-order valence-electron chi connectivity index (χ2n) is 7.77. The molecule has 0 aliphatic carbocycles. The third kappa shape index (κ3) is 3.55. The molecule has 1 aliphatic heterocycles. The first-order chi connectivity index (χ1) is 15.1. The SMILES string of the molecule is O=C(Cn1c2ccccc2c(=O)c2ccccc21)N1CCN(c2ccccc2Cl)CC1. The van der Waals surface area contributed by atoms with Crippen molar-refractivity contribution >= 4 is 45.0 Å². The lowest BCUT2D eigenvalue weighted by Crippen LogP contribution is -2.49. The van der Waals surface area contributed by atoms with E-state index in [0.29, 0.717) is 23.9 Å². The Morgan fingerprint density at radius 3 is 1.94 bits per heavy atom. The van der Waals surface area contributed by atoms with Crippen molar-refractivity contribution in [2.75, 3.05) is 31.1 Å². The van der Waals surface area contributed by atoms with Crippen LogP contribution in [0.1, 0.15) is 0 Å². The first-order valence-corrected chi connectivity index (χ1v) is 10.8. The summed E-state index contributed by atoms with van der Waals surface area (Å²) in [6.45, 7) is 2.95. The molecule has 0 N–H and O–H groups in total. The quantitative estimate of drug-likeness (QED) is 0.458. The topological polar surface area (TPSA) is 45.6 Å². The average molecular weight is 432 g/mol. The van der Waals surface area contributed by atoms with Gasteiger partial charge in [0.05, 0.1) is 21.7 Å². The number of piperazine rings is 1. The summed E-state index contributed by atoms with van der Waals surface area (Å²) in [6.07, 6.45) is 0. The Hall–Kier alpha value is -3.31. The van der Waals surface area contributed by atoms with Gasteiger partial charge < -0.3 is 14.4 Å². The van der Waals surface area contributed by atoms with Crippen LogP contribution < -0.4 is 10.3 Å². The van der Waals surface area contributed by atoms with E-state index in [4.69, 9.17) is 11.6 Å². The number of fused-ring (bicyclic) bond motifs is 2. The maximum absolute atomic E-state index is 13.2. The molecule has 2 heterocycles. The van der Waals surface area contributed by atoms with Crippen LogP contribution in [0.5, 0.6) is 0 Å². The third-order valence-electron chi connectivity index (χ3n) is 6.00. The molecule has 1 amide bonds. The van der Waals surface area contributed by atoms with E-state index in [1.807, 2.05) is 82.3 Å². The number of nitrogens with zero attached hydrogens (tertiary/aromatic N) is 3. The van der Waals surface area contributed by atoms with Crippen molar-refractivity contribution in [1.29, 1.82) is 0 Å². The van der Waals surface area contributed by atoms with Gasteiger partial charge in [-0.1, -0.05) is 48.0 Å². The number of para-hydroxylation sites is 3. The maximum atomic E-state index is 13.2. The molecule has 6 heteroatoms. The second-order valence-corrected chi connectivity index (χ2v) is 8.18. The van der Waals surface area contributed by atoms with Gasteiger partial charge in [-0.3, -0.25) is 9.59 Å². The lowest BCUT2D eigenvalue weighted by Gasteiger charge is -2.36. The van der Waals surface area contributed by atoms with E-state index < -0.39 is 0 Å². The molecule has 5 nitrogen and oxygen atoms in total. The van der Waals surface area contributed by atoms with Crippen LogP contribution >= 0.6 is 11.6 Å². The Morgan fingerprint density at radius 2 is 1.32 bits per heavy atom. The van der Waals surface area contributed by atoms with Gasteiger partial charge in [-0.25, -0.2) is 0 Å². The smallest absolute Gasteiger partial charge is 0.242 e. The van der Waals surface area contributed by atoms with Crippen molar-refractivity contribution < 1.29 is 4.79 Å². The minimum Gasteiger partial charge on any atom is -0.367 e. The van der Waals surface area contributed by atoms with E-state index in [1.54, 1.807) is 0 Å². The van der Waals surface area contributed by atoms with Gasteiger partial charge in [-0.2, -0.15) is 0 Å². The van der Waals surface area contributed by atoms with Crippen LogP contribution in [0.15, 0.2) is 77.6 Å². The standard InChI is InChI=1S/C25H22ClN3O2/c26-20-9-3-6-12-23(20)27-13-15-28(16-14-27)24(30)17-29-21-10-4-1-7-18(21)25(31)19-8-2-5-11-22(19)29/h1-12H,13-17H2. The predicted molar refractivity (Wildman–Crippen MR) is 126 cm³/mol. The molecule has 0 atom stereocenters. The maximum Gasteiger partial charge on any atom is 0.242 e. The van der Waals surface area contributed by atoms with E-state index in [1.165, 1.54) is 0 Å². The summed E-state index contributed by atoms with van der Waals surface area (Å²) in [5.74, 6) is 0.0535. The zero-order chi connectivity index (χ0) is 21.4. The number of halogens is 1. The number of amides is 1. The number of anilines is 1. The van der Waals surface area contributed by atoms with E-state index in [0.717, 1.165) is 34.8 Å². The fourth-order valence-corrected chi connectivity index (χ4v) is 4.64. The summed E-state index contributed by atoms with van der Waals surface area (Å²) in [7, 11) is 0. The fourth-order valence-electron chi connectivity index (χ4n) is 4.39. The molecule has 1 aliphatic rings. The zero-order valence-electron chi connectivity index (χ0n) is 17.0. The number of rotatable bonds is 3. The molecule has 0 bridgehead atoms. The molecule has 0 unspecified atom stereocenters. The number of hydrogen-bond acceptors (Lipinski definition) is 3. The molecule has 1 fully saturated rings. The number of carbonyl (C=O) groups excluding carboxylic acids is 1. The lowest BCUT2D eigenvalue weighted by molar-refractivity contribution is -0.132. The van der Waals surface area contributed by atoms with Crippen molar-refractivity contribution in [3.63, 3.8) is 0 Å². The number of aromatic nitrogens is 1. The van der Waals surface area contributed by atoms with Gasteiger partial charge in [-0.05, 0) is 36.4 Å². The van der Waals surface area contributed by atoms with E-state index >= 15 is 0 Å². The van der Waals surface area contributed by atoms with Crippen LogP contribution in [-0.4, -0.2) is 41.6 Å². The molecular formula is C25H22ClN3O2. The Balaban J connectivity index is 1.42. The molecule has 3 aromatic carbocycles. The van der Waals surface area contributed by atoms with Crippen molar-refractivity contribution in [2.24, 2.45) is 0 Å². The van der Waals surface area contributed by atoms with Crippen LogP contribution in [0.3, 0.4) is 0 Å². The molecule has 156 valence electrons. The van der Waals surface area contributed by atoms with E-state index in [-0.39, 0.29) is 17.9 Å². The fraction of sp³-hybridized carbons (Fsp3) is 0.200. The van der Waals surface area contributed by atoms with Gasteiger partial charge in [0.1, 0.15) is 6.54 Å². The van der Waals surface area contributed by atoms with Gasteiger partial charge >= 0.3 is 0 Å². The highest BCUT2D eigenvalue weighted by Crippen LogP contribution is 2.26. The van der Waals surface area contributed by atoms with Gasteiger partial charge in [0.25, 0.3) is 0 Å². The predicted octanol–water partition coefficient (Wildman–Crippen LogP) is 4.16. The first kappa shape index (κ1) is 19.6. The molecule has 5 rings (SSSR count). The normalized spacial score (nSPS) is 14.4. The number of pyridine rings is 1. The van der Waals surface area contributed by atoms with Crippen molar-refractivity contribution in [3.05, 3.63) is 88.0 Å². The number of hydrogen-bond donors (Lipinski definition) is 0. The largest absolute Gasteiger partial charge is 0.367 e. The molecule has 0 spiro atoms. The monoisotopic (exact) mass is 431 g/mol. The minimum atomic E-state index is 0.00301. The van der Waals surface area contributed by atoms with Crippen LogP contribution in [-0.2, 0) is 11.3 Å². The average Bonchev–Trinajstić information content (AvgIpc) is 2.82. The molecular weight excluding hydrogens is 410 g/mol. The van der Waals surface area contributed by atoms with Crippen LogP contribution in [0, 0.1) is 0 Å². The molecule has 0 saturated carbocycles. The highest BCUT2D eigenvalue weighted by molar-refractivity contribution is 6.33. The summed E-state index contributed by atoms with van der Waals surface area (Å²) in [4.78, 5) is 30.2. The van der Waals surface area contributed by atoms with Crippen molar-refractivity contribution in [2.45, 2.75) is 6.54 Å². The number of benzene rings is 3. The van der Waals surface area contributed by atoms with Crippen LogP contribution in [0.25, 0.3) is 21.8 Å². The number of carbonyl (C=O) groups is 1. The second kappa shape index (κ2) is 8.08. The van der Waals surface area contributed by atoms with Gasteiger partial charge in [0.15, 0.2) is 5.43 Å². The molecule has 0 radical (unpaired) electrons. The lowest BCUT2D eigenvalue weighted by atomic mass is 10.1. The Morgan fingerprint density at radius 1 is 0.774 bits per heavy atom. The highest BCUT2D eigenvalue weighted by Gasteiger charge is 2.23. The van der Waals surface area contributed by atoms with Gasteiger partial charge in [-0.15, -0.1) is 0 Å². The van der Waals surface area contributed by atoms with E-state index in [2.05, 4.69) is 4.90 Å². The highest BCUT2D eigenvalue weighted by atomic mass is 35.5. The summed E-state index contributed by atoms with van der Waals surface area (Å²) >= 11 is 6.34. The summed E-state index contributed by atoms with van der Waals surface area (Å²) in [5.41, 5.74) is 2.58. The summed E-state index contributed by atoms with van der Waals surface area (Å²) < 4.78 is 1.97. The van der Waals surface area contributed by atoms with Crippen LogP contribution in [0.2, 0.25) is 5.02 Å². The van der Waals surface area contributed by atoms with E-state index in [9.17, 15) is 9.59 Å². The van der Waals surface area contributed by atoms with Crippen molar-refractivity contribution in [3.8, 4) is 0 Å². The zero-order valence-corrected chi connectivity index (χ0v) is 17.8. The van der Waals surface area contributed by atoms with Crippen molar-refractivity contribution in [1.82, 2.24) is 9.47 Å². The Bertz CT molecular complexity index is 1280. The molecule has 1 aromatic heterocycles. The molecule has 31 heavy (non-hydrogen) atoms. The van der Waals surface area contributed by atoms with Gasteiger partial charge in [0.2, 0.25) is 5.91 Å². The Labute approximate surface area is 185 Å². The summed E-state index contributed by atoms with van der Waals surface area (Å²) in [6, 6.07) is 22.8. The third-order valence-corrected chi connectivity index (χ3v) is 6.32. The molecule has 1 saturated heterocycles. The first-order valence-electron chi connectivity index (χ1n) is 10.4. The van der Waals surface area contributed by atoms with Gasteiger partial charge in [0, 0.05) is 37.0 Å². The summed E-state index contributed by atoms with van der Waals surface area (Å²) in [5, 5.41) is 2.00. The van der Waals surface area contributed by atoms with Crippen LogP contribution in [0.4, 0.5) is 5.69 Å². The Kier molecular flexibility index (Phi) is 5.12. The molecule has 4 aromatic rings. The minimum absolute atomic E-state index is 0.00301.